The number of amides is 2. The summed E-state index contributed by atoms with van der Waals surface area (Å²) < 4.78 is 0.877. The van der Waals surface area contributed by atoms with Crippen molar-refractivity contribution in [2.45, 2.75) is 36.8 Å². The maximum absolute atomic E-state index is 14.5. The number of hydrogen-bond donors (Lipinski definition) is 2. The minimum absolute atomic E-state index is 0.1000. The molecule has 36 heavy (non-hydrogen) atoms. The first-order valence-corrected chi connectivity index (χ1v) is 13.1. The fourth-order valence-electron chi connectivity index (χ4n) is 7.55. The molecule has 0 saturated carbocycles. The van der Waals surface area contributed by atoms with Crippen LogP contribution in [-0.2, 0) is 20.5 Å². The van der Waals surface area contributed by atoms with Crippen molar-refractivity contribution >= 4 is 44.9 Å². The SMILES string of the molecule is Cc1cccc2c1NC(=O)[C@@]21N2CCC[C@@H]2[C@@H](C(=O)c2ccc(Br)cc2)[C@@]12C(=O)Nc1ccccc12. The highest BCUT2D eigenvalue weighted by Crippen LogP contribution is 2.68. The van der Waals surface area contributed by atoms with E-state index in [1.807, 2.05) is 61.5 Å². The third-order valence-electron chi connectivity index (χ3n) is 8.75. The quantitative estimate of drug-likeness (QED) is 0.458. The van der Waals surface area contributed by atoms with Crippen LogP contribution in [0.25, 0.3) is 0 Å². The predicted molar refractivity (Wildman–Crippen MR) is 140 cm³/mol. The van der Waals surface area contributed by atoms with Gasteiger partial charge in [0.1, 0.15) is 11.0 Å². The monoisotopic (exact) mass is 541 g/mol. The Balaban J connectivity index is 1.59. The molecular weight excluding hydrogens is 518 g/mol. The number of rotatable bonds is 2. The van der Waals surface area contributed by atoms with Gasteiger partial charge in [-0.15, -0.1) is 0 Å². The molecule has 4 aliphatic heterocycles. The summed E-state index contributed by atoms with van der Waals surface area (Å²) in [4.78, 5) is 45.4. The maximum atomic E-state index is 14.5. The lowest BCUT2D eigenvalue weighted by atomic mass is 9.57. The molecule has 3 aromatic rings. The van der Waals surface area contributed by atoms with Crippen LogP contribution in [0, 0.1) is 12.8 Å². The lowest BCUT2D eigenvalue weighted by Gasteiger charge is -2.43. The van der Waals surface area contributed by atoms with Gasteiger partial charge < -0.3 is 10.6 Å². The molecule has 4 heterocycles. The topological polar surface area (TPSA) is 78.5 Å². The summed E-state index contributed by atoms with van der Waals surface area (Å²) in [7, 11) is 0. The van der Waals surface area contributed by atoms with E-state index in [1.165, 1.54) is 0 Å². The Morgan fingerprint density at radius 1 is 0.944 bits per heavy atom. The molecule has 6 nitrogen and oxygen atoms in total. The number of nitrogens with zero attached hydrogens (tertiary/aromatic N) is 1. The zero-order chi connectivity index (χ0) is 24.8. The largest absolute Gasteiger partial charge is 0.325 e. The van der Waals surface area contributed by atoms with Crippen LogP contribution in [0.4, 0.5) is 11.4 Å². The summed E-state index contributed by atoms with van der Waals surface area (Å²) in [6, 6.07) is 20.5. The highest BCUT2D eigenvalue weighted by Gasteiger charge is 2.81. The second kappa shape index (κ2) is 7.37. The van der Waals surface area contributed by atoms with Gasteiger partial charge in [-0.05, 0) is 55.6 Å². The number of ketones is 1. The van der Waals surface area contributed by atoms with Crippen LogP contribution < -0.4 is 10.6 Å². The molecule has 4 aliphatic rings. The second-order valence-corrected chi connectivity index (χ2v) is 11.1. The number of aryl methyl sites for hydroxylation is 1. The van der Waals surface area contributed by atoms with Crippen molar-refractivity contribution in [3.05, 3.63) is 93.5 Å². The van der Waals surface area contributed by atoms with Crippen LogP contribution in [0.3, 0.4) is 0 Å². The smallest absolute Gasteiger partial charge is 0.251 e. The van der Waals surface area contributed by atoms with E-state index < -0.39 is 16.9 Å². The first-order valence-electron chi connectivity index (χ1n) is 12.3. The summed E-state index contributed by atoms with van der Waals surface area (Å²) in [6.45, 7) is 2.61. The number of carbonyl (C=O) groups excluding carboxylic acids is 3. The summed E-state index contributed by atoms with van der Waals surface area (Å²) in [5.74, 6) is -1.33. The van der Waals surface area contributed by atoms with Crippen LogP contribution >= 0.6 is 15.9 Å². The number of Topliss-reactive ketones (excluding diaryl/α,β-unsaturated/α-hetero) is 1. The molecule has 3 aromatic carbocycles. The molecule has 2 N–H and O–H groups in total. The molecule has 180 valence electrons. The number of benzene rings is 3. The van der Waals surface area contributed by atoms with Gasteiger partial charge in [0.15, 0.2) is 5.78 Å². The number of para-hydroxylation sites is 2. The first-order chi connectivity index (χ1) is 17.4. The minimum Gasteiger partial charge on any atom is -0.325 e. The summed E-state index contributed by atoms with van der Waals surface area (Å²) in [5, 5.41) is 6.22. The van der Waals surface area contributed by atoms with Gasteiger partial charge in [0.25, 0.3) is 5.91 Å². The van der Waals surface area contributed by atoms with Crippen molar-refractivity contribution in [2.24, 2.45) is 5.92 Å². The Bertz CT molecular complexity index is 1490. The zero-order valence-corrected chi connectivity index (χ0v) is 21.3. The molecule has 7 rings (SSSR count). The predicted octanol–water partition coefficient (Wildman–Crippen LogP) is 4.77. The Hall–Kier alpha value is -3.29. The first kappa shape index (κ1) is 21.9. The van der Waals surface area contributed by atoms with Crippen molar-refractivity contribution in [1.29, 1.82) is 0 Å². The highest BCUT2D eigenvalue weighted by atomic mass is 79.9. The number of halogens is 1. The van der Waals surface area contributed by atoms with Crippen molar-refractivity contribution in [3.63, 3.8) is 0 Å². The molecule has 2 amide bonds. The minimum atomic E-state index is -1.40. The maximum Gasteiger partial charge on any atom is 0.251 e. The Morgan fingerprint density at radius 2 is 1.69 bits per heavy atom. The molecule has 0 aliphatic carbocycles. The number of carbonyl (C=O) groups is 3. The third-order valence-corrected chi connectivity index (χ3v) is 9.28. The lowest BCUT2D eigenvalue weighted by Crippen LogP contribution is -2.62. The van der Waals surface area contributed by atoms with E-state index in [0.29, 0.717) is 17.8 Å². The van der Waals surface area contributed by atoms with Crippen molar-refractivity contribution in [1.82, 2.24) is 4.90 Å². The van der Waals surface area contributed by atoms with Crippen LogP contribution in [0.1, 0.15) is 39.9 Å². The van der Waals surface area contributed by atoms with Crippen molar-refractivity contribution in [2.75, 3.05) is 17.2 Å². The number of hydrogen-bond acceptors (Lipinski definition) is 4. The number of anilines is 2. The zero-order valence-electron chi connectivity index (χ0n) is 19.7. The van der Waals surface area contributed by atoms with Gasteiger partial charge in [-0.1, -0.05) is 64.5 Å². The molecule has 0 bridgehead atoms. The molecule has 2 fully saturated rings. The molecule has 4 atom stereocenters. The van der Waals surface area contributed by atoms with E-state index in [4.69, 9.17) is 0 Å². The van der Waals surface area contributed by atoms with Gasteiger partial charge in [0.2, 0.25) is 5.91 Å². The van der Waals surface area contributed by atoms with Crippen LogP contribution in [-0.4, -0.2) is 35.1 Å². The number of fused-ring (bicyclic) bond motifs is 7. The van der Waals surface area contributed by atoms with Gasteiger partial charge in [-0.3, -0.25) is 19.3 Å². The molecule has 0 unspecified atom stereocenters. The summed E-state index contributed by atoms with van der Waals surface area (Å²) >= 11 is 3.46. The lowest BCUT2D eigenvalue weighted by molar-refractivity contribution is -0.137. The van der Waals surface area contributed by atoms with Crippen LogP contribution in [0.5, 0.6) is 0 Å². The summed E-state index contributed by atoms with van der Waals surface area (Å²) in [6.07, 6.45) is 1.62. The van der Waals surface area contributed by atoms with Crippen molar-refractivity contribution < 1.29 is 14.4 Å². The van der Waals surface area contributed by atoms with Gasteiger partial charge in [0.05, 0.1) is 5.92 Å². The van der Waals surface area contributed by atoms with Gasteiger partial charge >= 0.3 is 0 Å². The highest BCUT2D eigenvalue weighted by molar-refractivity contribution is 9.10. The standard InChI is InChI=1S/C29H24BrN3O3/c1-16-6-4-8-20-24(16)32-27(36)29(20)28(19-7-2-3-9-21(19)31-26(28)35)23(22-10-5-15-33(22)29)25(34)17-11-13-18(30)14-12-17/h2-4,6-9,11-14,22-23H,5,10,15H2,1H3,(H,31,35)(H,32,36)/t22-,23+,28+,29+/m1/s1. The van der Waals surface area contributed by atoms with Crippen LogP contribution in [0.2, 0.25) is 0 Å². The number of nitrogens with one attached hydrogen (secondary N) is 2. The molecule has 7 heteroatoms. The normalized spacial score (nSPS) is 29.8. The van der Waals surface area contributed by atoms with Gasteiger partial charge in [0, 0.05) is 33.0 Å². The fourth-order valence-corrected chi connectivity index (χ4v) is 7.81. The fraction of sp³-hybridized carbons (Fsp3) is 0.276. The molecule has 2 spiro atoms. The average Bonchev–Trinajstić information content (AvgIpc) is 3.59. The molecule has 0 radical (unpaired) electrons. The molecular formula is C29H24BrN3O3. The third kappa shape index (κ3) is 2.38. The van der Waals surface area contributed by atoms with E-state index in [-0.39, 0.29) is 23.6 Å². The molecule has 2 saturated heterocycles. The van der Waals surface area contributed by atoms with E-state index in [2.05, 4.69) is 31.5 Å². The van der Waals surface area contributed by atoms with Gasteiger partial charge in [-0.25, -0.2) is 0 Å². The van der Waals surface area contributed by atoms with Crippen LogP contribution in [0.15, 0.2) is 71.2 Å². The Kier molecular flexibility index (Phi) is 4.49. The second-order valence-electron chi connectivity index (χ2n) is 10.2. The van der Waals surface area contributed by atoms with E-state index in [9.17, 15) is 14.4 Å². The van der Waals surface area contributed by atoms with E-state index in [1.54, 1.807) is 12.1 Å². The summed E-state index contributed by atoms with van der Waals surface area (Å²) in [5.41, 5.74) is 1.71. The van der Waals surface area contributed by atoms with E-state index in [0.717, 1.165) is 39.7 Å². The van der Waals surface area contributed by atoms with Gasteiger partial charge in [-0.2, -0.15) is 0 Å². The Labute approximate surface area is 217 Å². The van der Waals surface area contributed by atoms with Crippen molar-refractivity contribution in [3.8, 4) is 0 Å². The molecule has 0 aromatic heterocycles. The Morgan fingerprint density at radius 3 is 2.50 bits per heavy atom. The van der Waals surface area contributed by atoms with E-state index >= 15 is 0 Å². The average molecular weight is 542 g/mol.